The molecule has 0 saturated carbocycles. The van der Waals surface area contributed by atoms with E-state index in [-0.39, 0.29) is 5.69 Å². The van der Waals surface area contributed by atoms with Crippen LogP contribution in [-0.4, -0.2) is 11.2 Å². The van der Waals surface area contributed by atoms with E-state index >= 15 is 0 Å². The molecule has 70 valence electrons. The summed E-state index contributed by atoms with van der Waals surface area (Å²) >= 11 is 4.33. The van der Waals surface area contributed by atoms with Crippen LogP contribution in [0.3, 0.4) is 0 Å². The van der Waals surface area contributed by atoms with Crippen LogP contribution >= 0.6 is 27.9 Å². The highest BCUT2D eigenvalue weighted by Crippen LogP contribution is 2.34. The van der Waals surface area contributed by atoms with Crippen molar-refractivity contribution in [1.82, 2.24) is 0 Å². The molecule has 0 unspecified atom stereocenters. The van der Waals surface area contributed by atoms with Crippen LogP contribution in [0, 0.1) is 10.1 Å². The van der Waals surface area contributed by atoms with Gasteiger partial charge >= 0.3 is 5.69 Å². The number of nitro benzene ring substituents is 1. The van der Waals surface area contributed by atoms with Crippen molar-refractivity contribution in [2.45, 2.75) is 4.90 Å². The van der Waals surface area contributed by atoms with Crippen LogP contribution < -0.4 is 4.34 Å². The number of anilines is 1. The molecule has 0 radical (unpaired) electrons. The van der Waals surface area contributed by atoms with Crippen LogP contribution in [-0.2, 0) is 0 Å². The van der Waals surface area contributed by atoms with Gasteiger partial charge in [0.15, 0.2) is 0 Å². The standard InChI is InChI=1S/C7H7BrN2O2S/c1-13-6-4-2-3-5(9-8)7(6)10(11)12/h2-4,9H,1H3. The lowest BCUT2D eigenvalue weighted by atomic mass is 10.3. The largest absolute Gasteiger partial charge is 0.317 e. The van der Waals surface area contributed by atoms with E-state index in [2.05, 4.69) is 20.5 Å². The molecule has 1 rings (SSSR count). The Labute approximate surface area is 88.2 Å². The number of hydrogen-bond donors (Lipinski definition) is 1. The average Bonchev–Trinajstić information content (AvgIpc) is 2.16. The summed E-state index contributed by atoms with van der Waals surface area (Å²) in [7, 11) is 0. The van der Waals surface area contributed by atoms with Crippen molar-refractivity contribution in [1.29, 1.82) is 0 Å². The molecule has 0 amide bonds. The normalized spacial score (nSPS) is 9.69. The molecule has 0 aliphatic heterocycles. The van der Waals surface area contributed by atoms with Gasteiger partial charge in [-0.05, 0) is 18.4 Å². The number of thioether (sulfide) groups is 1. The number of rotatable bonds is 3. The molecule has 0 saturated heterocycles. The number of para-hydroxylation sites is 1. The van der Waals surface area contributed by atoms with Gasteiger partial charge < -0.3 is 4.34 Å². The van der Waals surface area contributed by atoms with Gasteiger partial charge in [-0.2, -0.15) is 0 Å². The molecule has 1 aromatic carbocycles. The summed E-state index contributed by atoms with van der Waals surface area (Å²) in [5, 5.41) is 10.7. The van der Waals surface area contributed by atoms with Crippen LogP contribution in [0.25, 0.3) is 0 Å². The fraction of sp³-hybridized carbons (Fsp3) is 0.143. The maximum absolute atomic E-state index is 10.7. The van der Waals surface area contributed by atoms with Gasteiger partial charge in [0.05, 0.1) is 9.82 Å². The van der Waals surface area contributed by atoms with Gasteiger partial charge in [0.2, 0.25) is 0 Å². The highest BCUT2D eigenvalue weighted by atomic mass is 79.9. The molecule has 0 spiro atoms. The molecule has 0 heterocycles. The maximum atomic E-state index is 10.7. The smallest absolute Gasteiger partial charge is 0.306 e. The van der Waals surface area contributed by atoms with Gasteiger partial charge in [-0.15, -0.1) is 11.8 Å². The van der Waals surface area contributed by atoms with Crippen LogP contribution in [0.1, 0.15) is 0 Å². The SMILES string of the molecule is CSc1cccc(NBr)c1[N+](=O)[O-]. The third-order valence-electron chi connectivity index (χ3n) is 1.50. The van der Waals surface area contributed by atoms with E-state index in [9.17, 15) is 10.1 Å². The van der Waals surface area contributed by atoms with Crippen LogP contribution in [0.15, 0.2) is 23.1 Å². The summed E-state index contributed by atoms with van der Waals surface area (Å²) in [6.07, 6.45) is 1.81. The molecule has 1 aromatic rings. The van der Waals surface area contributed by atoms with Crippen molar-refractivity contribution >= 4 is 39.3 Å². The predicted molar refractivity (Wildman–Crippen MR) is 57.4 cm³/mol. The number of benzene rings is 1. The van der Waals surface area contributed by atoms with Crippen molar-refractivity contribution in [2.75, 3.05) is 10.6 Å². The van der Waals surface area contributed by atoms with Crippen molar-refractivity contribution < 1.29 is 4.92 Å². The Morgan fingerprint density at radius 1 is 1.62 bits per heavy atom. The Balaban J connectivity index is 3.29. The fourth-order valence-corrected chi connectivity index (χ4v) is 1.86. The van der Waals surface area contributed by atoms with Crippen molar-refractivity contribution in [3.63, 3.8) is 0 Å². The molecule has 0 bridgehead atoms. The summed E-state index contributed by atoms with van der Waals surface area (Å²) < 4.78 is 2.61. The van der Waals surface area contributed by atoms with Gasteiger partial charge in [0.1, 0.15) is 5.69 Å². The zero-order valence-corrected chi connectivity index (χ0v) is 9.18. The van der Waals surface area contributed by atoms with Gasteiger partial charge in [0, 0.05) is 16.1 Å². The number of nitrogens with zero attached hydrogens (tertiary/aromatic N) is 1. The topological polar surface area (TPSA) is 55.2 Å². The fourth-order valence-electron chi connectivity index (χ4n) is 0.952. The van der Waals surface area contributed by atoms with Crippen LogP contribution in [0.2, 0.25) is 0 Å². The first-order chi connectivity index (χ1) is 6.20. The van der Waals surface area contributed by atoms with E-state index in [1.807, 2.05) is 0 Å². The average molecular weight is 263 g/mol. The van der Waals surface area contributed by atoms with E-state index in [1.54, 1.807) is 24.5 Å². The first-order valence-electron chi connectivity index (χ1n) is 3.38. The highest BCUT2D eigenvalue weighted by molar-refractivity contribution is 9.10. The molecular weight excluding hydrogens is 256 g/mol. The molecule has 0 aromatic heterocycles. The molecular formula is C7H7BrN2O2S. The number of nitrogens with one attached hydrogen (secondary N) is 1. The lowest BCUT2D eigenvalue weighted by Gasteiger charge is -2.03. The molecule has 0 atom stereocenters. The molecule has 4 nitrogen and oxygen atoms in total. The summed E-state index contributed by atoms with van der Waals surface area (Å²) in [6, 6.07) is 5.13. The Kier molecular flexibility index (Phi) is 3.56. The second-order valence-electron chi connectivity index (χ2n) is 2.21. The summed E-state index contributed by atoms with van der Waals surface area (Å²) in [5.74, 6) is 0. The minimum Gasteiger partial charge on any atom is -0.317 e. The lowest BCUT2D eigenvalue weighted by molar-refractivity contribution is -0.386. The van der Waals surface area contributed by atoms with E-state index < -0.39 is 4.92 Å². The Bertz CT molecular complexity index is 310. The van der Waals surface area contributed by atoms with E-state index in [0.29, 0.717) is 10.6 Å². The van der Waals surface area contributed by atoms with Crippen molar-refractivity contribution in [3.8, 4) is 0 Å². The maximum Gasteiger partial charge on any atom is 0.306 e. The van der Waals surface area contributed by atoms with E-state index in [1.165, 1.54) is 11.8 Å². The first kappa shape index (κ1) is 10.3. The van der Waals surface area contributed by atoms with Crippen molar-refractivity contribution in [3.05, 3.63) is 28.3 Å². The molecule has 6 heteroatoms. The Morgan fingerprint density at radius 3 is 2.77 bits per heavy atom. The van der Waals surface area contributed by atoms with Crippen LogP contribution in [0.5, 0.6) is 0 Å². The Morgan fingerprint density at radius 2 is 2.31 bits per heavy atom. The molecule has 0 fully saturated rings. The second kappa shape index (κ2) is 4.48. The first-order valence-corrected chi connectivity index (χ1v) is 5.40. The minimum atomic E-state index is -0.393. The zero-order valence-electron chi connectivity index (χ0n) is 6.78. The molecule has 1 N–H and O–H groups in total. The van der Waals surface area contributed by atoms with Gasteiger partial charge in [0.25, 0.3) is 0 Å². The lowest BCUT2D eigenvalue weighted by Crippen LogP contribution is -1.94. The number of halogens is 1. The number of hydrogen-bond acceptors (Lipinski definition) is 4. The monoisotopic (exact) mass is 262 g/mol. The molecule has 0 aliphatic rings. The Hall–Kier alpha value is -0.750. The second-order valence-corrected chi connectivity index (χ2v) is 3.45. The third-order valence-corrected chi connectivity index (χ3v) is 2.70. The number of nitro groups is 1. The molecule has 0 aliphatic carbocycles. The van der Waals surface area contributed by atoms with Gasteiger partial charge in [-0.25, -0.2) is 0 Å². The zero-order chi connectivity index (χ0) is 9.84. The van der Waals surface area contributed by atoms with E-state index in [4.69, 9.17) is 0 Å². The quantitative estimate of drug-likeness (QED) is 0.394. The summed E-state index contributed by atoms with van der Waals surface area (Å²) in [5.41, 5.74) is 0.573. The predicted octanol–water partition coefficient (Wildman–Crippen LogP) is 3.04. The van der Waals surface area contributed by atoms with Crippen molar-refractivity contribution in [2.24, 2.45) is 0 Å². The summed E-state index contributed by atoms with van der Waals surface area (Å²) in [4.78, 5) is 10.9. The highest BCUT2D eigenvalue weighted by Gasteiger charge is 2.17. The summed E-state index contributed by atoms with van der Waals surface area (Å²) in [6.45, 7) is 0. The van der Waals surface area contributed by atoms with Crippen LogP contribution in [0.4, 0.5) is 11.4 Å². The van der Waals surface area contributed by atoms with Gasteiger partial charge in [-0.1, -0.05) is 6.07 Å². The minimum absolute atomic E-state index is 0.104. The van der Waals surface area contributed by atoms with Gasteiger partial charge in [-0.3, -0.25) is 10.1 Å². The molecule has 13 heavy (non-hydrogen) atoms. The third kappa shape index (κ3) is 2.13. The van der Waals surface area contributed by atoms with E-state index in [0.717, 1.165) is 0 Å².